The van der Waals surface area contributed by atoms with E-state index in [-0.39, 0.29) is 12.1 Å². The Morgan fingerprint density at radius 1 is 1.33 bits per heavy atom. The lowest BCUT2D eigenvalue weighted by Gasteiger charge is -2.29. The first-order chi connectivity index (χ1) is 12.7. The molecule has 2 aromatic rings. The number of carbonyl (C=O) groups excluding carboxylic acids is 2. The molecule has 0 saturated carbocycles. The van der Waals surface area contributed by atoms with E-state index in [1.165, 1.54) is 13.3 Å². The van der Waals surface area contributed by atoms with Crippen molar-refractivity contribution in [3.8, 4) is 0 Å². The number of hydrogen-bond acceptors (Lipinski definition) is 5. The molecule has 0 unspecified atom stereocenters. The molecule has 3 heterocycles. The second-order valence-corrected chi connectivity index (χ2v) is 8.08. The molecule has 1 saturated heterocycles. The minimum atomic E-state index is -0.542. The highest BCUT2D eigenvalue weighted by molar-refractivity contribution is 6.36. The average Bonchev–Trinajstić information content (AvgIpc) is 3.19. The number of rotatable bonds is 3. The predicted octanol–water partition coefficient (Wildman–Crippen LogP) is 3.88. The van der Waals surface area contributed by atoms with Crippen LogP contribution in [0.2, 0.25) is 5.02 Å². The van der Waals surface area contributed by atoms with Gasteiger partial charge in [-0.25, -0.2) is 9.59 Å². The highest BCUT2D eigenvalue weighted by Gasteiger charge is 2.33. The third kappa shape index (κ3) is 4.03. The van der Waals surface area contributed by atoms with Gasteiger partial charge in [-0.1, -0.05) is 11.6 Å². The van der Waals surface area contributed by atoms with Crippen LogP contribution in [0.3, 0.4) is 0 Å². The topological polar surface area (TPSA) is 73.7 Å². The molecule has 1 amide bonds. The third-order valence-corrected chi connectivity index (χ3v) is 4.85. The molecule has 2 aromatic heterocycles. The van der Waals surface area contributed by atoms with Gasteiger partial charge < -0.3 is 18.9 Å². The maximum Gasteiger partial charge on any atom is 0.410 e. The van der Waals surface area contributed by atoms with Crippen LogP contribution in [0.4, 0.5) is 4.79 Å². The van der Waals surface area contributed by atoms with Crippen LogP contribution in [0, 0.1) is 0 Å². The standard InChI is InChI=1S/C19H24ClN3O4/c1-19(2,3)27-18(25)23-7-5-6-12(23)10-22-11-13(17(24)26-4)16-14(20)8-21-9-15(16)22/h8-9,11-12H,5-7,10H2,1-4H3/t12-/m0/s1. The van der Waals surface area contributed by atoms with Crippen molar-refractivity contribution in [3.05, 3.63) is 29.2 Å². The maximum absolute atomic E-state index is 12.5. The molecule has 146 valence electrons. The number of likely N-dealkylation sites (tertiary alicyclic amines) is 1. The number of hydrogen-bond donors (Lipinski definition) is 0. The van der Waals surface area contributed by atoms with E-state index >= 15 is 0 Å². The van der Waals surface area contributed by atoms with E-state index in [0.29, 0.717) is 29.1 Å². The fourth-order valence-corrected chi connectivity index (χ4v) is 3.68. The van der Waals surface area contributed by atoms with Crippen LogP contribution in [0.5, 0.6) is 0 Å². The van der Waals surface area contributed by atoms with Crippen molar-refractivity contribution in [2.45, 2.75) is 51.8 Å². The minimum absolute atomic E-state index is 0.0278. The first kappa shape index (κ1) is 19.5. The van der Waals surface area contributed by atoms with Crippen molar-refractivity contribution >= 4 is 34.6 Å². The summed E-state index contributed by atoms with van der Waals surface area (Å²) in [4.78, 5) is 30.6. The van der Waals surface area contributed by atoms with Crippen molar-refractivity contribution < 1.29 is 19.1 Å². The molecule has 27 heavy (non-hydrogen) atoms. The molecule has 1 aliphatic heterocycles. The van der Waals surface area contributed by atoms with Gasteiger partial charge in [-0.3, -0.25) is 4.98 Å². The number of nitrogens with zero attached hydrogens (tertiary/aromatic N) is 3. The SMILES string of the molecule is COC(=O)c1cn(C[C@@H]2CCCN2C(=O)OC(C)(C)C)c2cncc(Cl)c12. The molecule has 0 bridgehead atoms. The van der Waals surface area contributed by atoms with Gasteiger partial charge in [0.25, 0.3) is 0 Å². The van der Waals surface area contributed by atoms with E-state index < -0.39 is 11.6 Å². The number of esters is 1. The van der Waals surface area contributed by atoms with Gasteiger partial charge in [0.05, 0.1) is 35.5 Å². The van der Waals surface area contributed by atoms with Crippen molar-refractivity contribution in [2.24, 2.45) is 0 Å². The van der Waals surface area contributed by atoms with Crippen LogP contribution in [-0.2, 0) is 16.0 Å². The Kier molecular flexibility index (Phi) is 5.33. The number of halogens is 1. The van der Waals surface area contributed by atoms with E-state index in [9.17, 15) is 9.59 Å². The zero-order valence-corrected chi connectivity index (χ0v) is 16.7. The molecule has 3 rings (SSSR count). The summed E-state index contributed by atoms with van der Waals surface area (Å²) in [6, 6.07) is -0.0278. The van der Waals surface area contributed by atoms with Gasteiger partial charge >= 0.3 is 12.1 Å². The van der Waals surface area contributed by atoms with Crippen LogP contribution >= 0.6 is 11.6 Å². The Hall–Kier alpha value is -2.28. The summed E-state index contributed by atoms with van der Waals surface area (Å²) >= 11 is 6.28. The van der Waals surface area contributed by atoms with Crippen LogP contribution in [0.1, 0.15) is 44.0 Å². The molecule has 1 fully saturated rings. The number of ether oxygens (including phenoxy) is 2. The Labute approximate surface area is 163 Å². The lowest BCUT2D eigenvalue weighted by atomic mass is 10.2. The smallest absolute Gasteiger partial charge is 0.410 e. The molecule has 0 aromatic carbocycles. The highest BCUT2D eigenvalue weighted by Crippen LogP contribution is 2.30. The van der Waals surface area contributed by atoms with Gasteiger partial charge in [0, 0.05) is 30.9 Å². The number of methoxy groups -OCH3 is 1. The molecule has 7 nitrogen and oxygen atoms in total. The summed E-state index contributed by atoms with van der Waals surface area (Å²) < 4.78 is 12.3. The minimum Gasteiger partial charge on any atom is -0.465 e. The molecule has 8 heteroatoms. The second kappa shape index (κ2) is 7.38. The molecule has 0 spiro atoms. The Morgan fingerprint density at radius 3 is 2.74 bits per heavy atom. The lowest BCUT2D eigenvalue weighted by Crippen LogP contribution is -2.41. The summed E-state index contributed by atoms with van der Waals surface area (Å²) in [7, 11) is 1.34. The second-order valence-electron chi connectivity index (χ2n) is 7.67. The Morgan fingerprint density at radius 2 is 2.07 bits per heavy atom. The van der Waals surface area contributed by atoms with E-state index in [0.717, 1.165) is 18.4 Å². The van der Waals surface area contributed by atoms with Gasteiger partial charge in [-0.15, -0.1) is 0 Å². The molecular formula is C19H24ClN3O4. The third-order valence-electron chi connectivity index (χ3n) is 4.56. The Bertz CT molecular complexity index is 872. The lowest BCUT2D eigenvalue weighted by molar-refractivity contribution is 0.0214. The number of carbonyl (C=O) groups is 2. The summed E-state index contributed by atoms with van der Waals surface area (Å²) in [5, 5.41) is 1.00. The monoisotopic (exact) mass is 393 g/mol. The van der Waals surface area contributed by atoms with Crippen LogP contribution in [0.15, 0.2) is 18.6 Å². The van der Waals surface area contributed by atoms with E-state index in [4.69, 9.17) is 21.1 Å². The fraction of sp³-hybridized carbons (Fsp3) is 0.526. The molecular weight excluding hydrogens is 370 g/mol. The van der Waals surface area contributed by atoms with Crippen molar-refractivity contribution in [1.29, 1.82) is 0 Å². The number of amides is 1. The highest BCUT2D eigenvalue weighted by atomic mass is 35.5. The van der Waals surface area contributed by atoms with Crippen molar-refractivity contribution in [3.63, 3.8) is 0 Å². The van der Waals surface area contributed by atoms with E-state index in [1.54, 1.807) is 17.3 Å². The number of pyridine rings is 1. The quantitative estimate of drug-likeness (QED) is 0.740. The zero-order chi connectivity index (χ0) is 19.8. The molecule has 1 atom stereocenters. The summed E-state index contributed by atoms with van der Waals surface area (Å²) in [5.41, 5.74) is 0.584. The predicted molar refractivity (Wildman–Crippen MR) is 102 cm³/mol. The van der Waals surface area contributed by atoms with Gasteiger partial charge in [-0.2, -0.15) is 0 Å². The first-order valence-electron chi connectivity index (χ1n) is 8.91. The van der Waals surface area contributed by atoms with Gasteiger partial charge in [0.1, 0.15) is 5.60 Å². The summed E-state index contributed by atoms with van der Waals surface area (Å²) in [5.74, 6) is -0.456. The maximum atomic E-state index is 12.5. The van der Waals surface area contributed by atoms with Crippen molar-refractivity contribution in [2.75, 3.05) is 13.7 Å². The van der Waals surface area contributed by atoms with Gasteiger partial charge in [0.2, 0.25) is 0 Å². The average molecular weight is 394 g/mol. The molecule has 0 radical (unpaired) electrons. The van der Waals surface area contributed by atoms with Crippen LogP contribution in [-0.4, -0.2) is 51.8 Å². The largest absolute Gasteiger partial charge is 0.465 e. The first-order valence-corrected chi connectivity index (χ1v) is 9.29. The Balaban J connectivity index is 1.91. The molecule has 0 aliphatic carbocycles. The van der Waals surface area contributed by atoms with E-state index in [1.807, 2.05) is 25.3 Å². The van der Waals surface area contributed by atoms with Gasteiger partial charge in [-0.05, 0) is 33.6 Å². The van der Waals surface area contributed by atoms with Crippen LogP contribution < -0.4 is 0 Å². The molecule has 0 N–H and O–H groups in total. The number of aromatic nitrogens is 2. The van der Waals surface area contributed by atoms with Gasteiger partial charge in [0.15, 0.2) is 0 Å². The molecule has 1 aliphatic rings. The number of fused-ring (bicyclic) bond motifs is 1. The van der Waals surface area contributed by atoms with Crippen LogP contribution in [0.25, 0.3) is 10.9 Å². The fourth-order valence-electron chi connectivity index (χ4n) is 3.43. The zero-order valence-electron chi connectivity index (χ0n) is 16.0. The summed E-state index contributed by atoms with van der Waals surface area (Å²) in [6.45, 7) is 6.74. The van der Waals surface area contributed by atoms with Crippen molar-refractivity contribution in [1.82, 2.24) is 14.5 Å². The normalized spacial score (nSPS) is 17.4. The van der Waals surface area contributed by atoms with E-state index in [2.05, 4.69) is 4.98 Å². The summed E-state index contributed by atoms with van der Waals surface area (Å²) in [6.07, 6.45) is 6.34.